The van der Waals surface area contributed by atoms with Gasteiger partial charge in [-0.25, -0.2) is 9.50 Å². The number of hydrogen-bond donors (Lipinski definition) is 1. The number of carboxylic acids is 1. The summed E-state index contributed by atoms with van der Waals surface area (Å²) in [6.07, 6.45) is 1.40. The van der Waals surface area contributed by atoms with Crippen molar-refractivity contribution in [3.05, 3.63) is 29.2 Å². The highest BCUT2D eigenvalue weighted by Gasteiger charge is 2.07. The number of carbonyl (C=O) groups is 1. The zero-order valence-electron chi connectivity index (χ0n) is 7.01. The lowest BCUT2D eigenvalue weighted by atomic mass is 10.4. The Bertz CT molecular complexity index is 494. The summed E-state index contributed by atoms with van der Waals surface area (Å²) in [5, 5.41) is 13.0. The lowest BCUT2D eigenvalue weighted by molar-refractivity contribution is -0.136. The molecule has 0 saturated heterocycles. The first-order valence-electron chi connectivity index (χ1n) is 3.88. The predicted molar refractivity (Wildman–Crippen MR) is 49.3 cm³/mol. The van der Waals surface area contributed by atoms with E-state index in [2.05, 4.69) is 10.1 Å². The van der Waals surface area contributed by atoms with Crippen LogP contribution in [0.1, 0.15) is 5.82 Å². The number of halogens is 1. The Morgan fingerprint density at radius 3 is 3.07 bits per heavy atom. The first kappa shape index (κ1) is 8.96. The van der Waals surface area contributed by atoms with Gasteiger partial charge in [-0.15, -0.1) is 0 Å². The van der Waals surface area contributed by atoms with Gasteiger partial charge in [0.15, 0.2) is 11.5 Å². The van der Waals surface area contributed by atoms with Crippen molar-refractivity contribution in [2.75, 3.05) is 0 Å². The average molecular weight is 212 g/mol. The number of pyridine rings is 1. The van der Waals surface area contributed by atoms with Crippen LogP contribution in [-0.4, -0.2) is 25.7 Å². The molecule has 2 aromatic heterocycles. The number of carboxylic acid groups (broad SMARTS) is 1. The monoisotopic (exact) mass is 211 g/mol. The largest absolute Gasteiger partial charge is 0.481 e. The molecule has 14 heavy (non-hydrogen) atoms. The first-order chi connectivity index (χ1) is 6.65. The van der Waals surface area contributed by atoms with E-state index in [-0.39, 0.29) is 12.2 Å². The van der Waals surface area contributed by atoms with Gasteiger partial charge in [0.1, 0.15) is 6.42 Å². The summed E-state index contributed by atoms with van der Waals surface area (Å²) in [7, 11) is 0. The minimum Gasteiger partial charge on any atom is -0.481 e. The van der Waals surface area contributed by atoms with Crippen LogP contribution in [0.5, 0.6) is 0 Å². The number of hydrogen-bond acceptors (Lipinski definition) is 3. The van der Waals surface area contributed by atoms with Crippen molar-refractivity contribution in [2.24, 2.45) is 0 Å². The molecule has 0 bridgehead atoms. The van der Waals surface area contributed by atoms with Crippen molar-refractivity contribution in [1.82, 2.24) is 14.6 Å². The summed E-state index contributed by atoms with van der Waals surface area (Å²) < 4.78 is 1.46. The molecule has 0 amide bonds. The molecule has 5 nitrogen and oxygen atoms in total. The number of nitrogens with zero attached hydrogens (tertiary/aromatic N) is 3. The fourth-order valence-corrected chi connectivity index (χ4v) is 1.27. The minimum atomic E-state index is -0.952. The van der Waals surface area contributed by atoms with Crippen molar-refractivity contribution in [3.63, 3.8) is 0 Å². The van der Waals surface area contributed by atoms with Crippen LogP contribution in [0.15, 0.2) is 18.3 Å². The number of aliphatic carboxylic acids is 1. The van der Waals surface area contributed by atoms with Gasteiger partial charge >= 0.3 is 5.97 Å². The second kappa shape index (κ2) is 3.26. The van der Waals surface area contributed by atoms with E-state index in [0.29, 0.717) is 10.7 Å². The molecule has 0 atom stereocenters. The Labute approximate surface area is 83.9 Å². The van der Waals surface area contributed by atoms with E-state index in [1.807, 2.05) is 0 Å². The molecule has 1 N–H and O–H groups in total. The van der Waals surface area contributed by atoms with Crippen LogP contribution in [0, 0.1) is 0 Å². The molecular weight excluding hydrogens is 206 g/mol. The van der Waals surface area contributed by atoms with Crippen LogP contribution in [0.3, 0.4) is 0 Å². The maximum atomic E-state index is 10.4. The van der Waals surface area contributed by atoms with Crippen LogP contribution in [-0.2, 0) is 11.2 Å². The Morgan fingerprint density at radius 1 is 1.57 bits per heavy atom. The molecule has 0 aromatic carbocycles. The highest BCUT2D eigenvalue weighted by molar-refractivity contribution is 6.30. The maximum Gasteiger partial charge on any atom is 0.311 e. The topological polar surface area (TPSA) is 67.5 Å². The summed E-state index contributed by atoms with van der Waals surface area (Å²) in [6, 6.07) is 3.36. The van der Waals surface area contributed by atoms with Crippen LogP contribution in [0.4, 0.5) is 0 Å². The number of rotatable bonds is 2. The third kappa shape index (κ3) is 1.67. The van der Waals surface area contributed by atoms with Crippen LogP contribution < -0.4 is 0 Å². The Balaban J connectivity index is 2.46. The van der Waals surface area contributed by atoms with E-state index in [0.717, 1.165) is 0 Å². The van der Waals surface area contributed by atoms with Gasteiger partial charge in [-0.2, -0.15) is 5.10 Å². The molecule has 0 aliphatic rings. The molecule has 2 rings (SSSR count). The molecule has 6 heteroatoms. The number of aromatic nitrogens is 3. The Kier molecular flexibility index (Phi) is 2.09. The van der Waals surface area contributed by atoms with E-state index in [1.165, 1.54) is 4.52 Å². The molecule has 0 fully saturated rings. The number of fused-ring (bicyclic) bond motifs is 1. The second-order valence-corrected chi connectivity index (χ2v) is 3.19. The fraction of sp³-hybridized carbons (Fsp3) is 0.125. The third-order valence-corrected chi connectivity index (χ3v) is 1.87. The van der Waals surface area contributed by atoms with Gasteiger partial charge < -0.3 is 5.11 Å². The maximum absolute atomic E-state index is 10.4. The van der Waals surface area contributed by atoms with E-state index in [9.17, 15) is 4.79 Å². The lowest BCUT2D eigenvalue weighted by Crippen LogP contribution is -2.01. The van der Waals surface area contributed by atoms with Gasteiger partial charge in [0.25, 0.3) is 0 Å². The molecule has 0 aliphatic carbocycles. The van der Waals surface area contributed by atoms with Crippen LogP contribution in [0.25, 0.3) is 5.65 Å². The van der Waals surface area contributed by atoms with Gasteiger partial charge in [0, 0.05) is 6.20 Å². The summed E-state index contributed by atoms with van der Waals surface area (Å²) in [6.45, 7) is 0. The summed E-state index contributed by atoms with van der Waals surface area (Å²) in [5.41, 5.74) is 0.589. The molecular formula is C8H6ClN3O2. The molecule has 0 radical (unpaired) electrons. The van der Waals surface area contributed by atoms with Gasteiger partial charge in [0.05, 0.1) is 5.02 Å². The SMILES string of the molecule is O=C(O)Cc1nc2ccc(Cl)cn2n1. The third-order valence-electron chi connectivity index (χ3n) is 1.65. The van der Waals surface area contributed by atoms with Gasteiger partial charge in [-0.1, -0.05) is 11.6 Å². The zero-order valence-corrected chi connectivity index (χ0v) is 7.77. The van der Waals surface area contributed by atoms with E-state index in [1.54, 1.807) is 18.3 Å². The molecule has 0 saturated carbocycles. The van der Waals surface area contributed by atoms with Gasteiger partial charge in [-0.05, 0) is 12.1 Å². The average Bonchev–Trinajstić information content (AvgIpc) is 2.44. The second-order valence-electron chi connectivity index (χ2n) is 2.75. The highest BCUT2D eigenvalue weighted by Crippen LogP contribution is 2.09. The summed E-state index contributed by atoms with van der Waals surface area (Å²) in [4.78, 5) is 14.4. The van der Waals surface area contributed by atoms with E-state index < -0.39 is 5.97 Å². The van der Waals surface area contributed by atoms with Crippen LogP contribution >= 0.6 is 11.6 Å². The lowest BCUT2D eigenvalue weighted by Gasteiger charge is -1.89. The molecule has 2 heterocycles. The predicted octanol–water partition coefficient (Wildman–Crippen LogP) is 1.01. The molecule has 2 aromatic rings. The normalized spacial score (nSPS) is 10.6. The zero-order chi connectivity index (χ0) is 10.1. The standard InChI is InChI=1S/C8H6ClN3O2/c9-5-1-2-7-10-6(3-8(13)14)11-12(7)4-5/h1-2,4H,3H2,(H,13,14). The Hall–Kier alpha value is -1.62. The van der Waals surface area contributed by atoms with E-state index >= 15 is 0 Å². The van der Waals surface area contributed by atoms with E-state index in [4.69, 9.17) is 16.7 Å². The quantitative estimate of drug-likeness (QED) is 0.805. The van der Waals surface area contributed by atoms with Crippen molar-refractivity contribution in [1.29, 1.82) is 0 Å². The smallest absolute Gasteiger partial charge is 0.311 e. The molecule has 0 spiro atoms. The minimum absolute atomic E-state index is 0.181. The molecule has 0 unspecified atom stereocenters. The molecule has 0 aliphatic heterocycles. The first-order valence-corrected chi connectivity index (χ1v) is 4.25. The van der Waals surface area contributed by atoms with Crippen molar-refractivity contribution < 1.29 is 9.90 Å². The van der Waals surface area contributed by atoms with Crippen LogP contribution in [0.2, 0.25) is 5.02 Å². The summed E-state index contributed by atoms with van der Waals surface area (Å²) in [5.74, 6) is -0.674. The molecule has 72 valence electrons. The fourth-order valence-electron chi connectivity index (χ4n) is 1.11. The summed E-state index contributed by atoms with van der Waals surface area (Å²) >= 11 is 5.73. The Morgan fingerprint density at radius 2 is 2.36 bits per heavy atom. The highest BCUT2D eigenvalue weighted by atomic mass is 35.5. The van der Waals surface area contributed by atoms with Crippen molar-refractivity contribution in [3.8, 4) is 0 Å². The van der Waals surface area contributed by atoms with Gasteiger partial charge in [-0.3, -0.25) is 4.79 Å². The van der Waals surface area contributed by atoms with Crippen molar-refractivity contribution >= 4 is 23.2 Å². The van der Waals surface area contributed by atoms with Crippen molar-refractivity contribution in [2.45, 2.75) is 6.42 Å². The van der Waals surface area contributed by atoms with Gasteiger partial charge in [0.2, 0.25) is 0 Å².